The number of hydrogen-bond donors (Lipinski definition) is 0. The molecular weight excluding hydrogens is 380 g/mol. The van der Waals surface area contributed by atoms with Crippen molar-refractivity contribution in [1.29, 1.82) is 0 Å². The number of thiazole rings is 1. The zero-order valence-electron chi connectivity index (χ0n) is 17.9. The lowest BCUT2D eigenvalue weighted by atomic mass is 10.00. The Balaban J connectivity index is 1.41. The van der Waals surface area contributed by atoms with Gasteiger partial charge in [-0.25, -0.2) is 4.98 Å². The summed E-state index contributed by atoms with van der Waals surface area (Å²) in [5.41, 5.74) is 3.09. The number of nitrogens with zero attached hydrogens (tertiary/aromatic N) is 4. The van der Waals surface area contributed by atoms with E-state index >= 15 is 0 Å². The first-order valence-electron chi connectivity index (χ1n) is 10.8. The quantitative estimate of drug-likeness (QED) is 0.752. The van der Waals surface area contributed by atoms with Crippen LogP contribution in [0, 0.1) is 6.92 Å². The summed E-state index contributed by atoms with van der Waals surface area (Å²) < 4.78 is 0. The molecular formula is C23H32N4OS. The molecule has 156 valence electrons. The number of hydrogen-bond acceptors (Lipinski definition) is 5. The van der Waals surface area contributed by atoms with Gasteiger partial charge in [-0.05, 0) is 70.0 Å². The van der Waals surface area contributed by atoms with Gasteiger partial charge in [-0.2, -0.15) is 0 Å². The molecule has 2 saturated heterocycles. The molecule has 3 heterocycles. The first-order valence-corrected chi connectivity index (χ1v) is 11.6. The fourth-order valence-electron chi connectivity index (χ4n) is 4.48. The van der Waals surface area contributed by atoms with Crippen molar-refractivity contribution in [1.82, 2.24) is 14.8 Å². The summed E-state index contributed by atoms with van der Waals surface area (Å²) in [4.78, 5) is 25.5. The number of carbonyl (C=O) groups excluding carboxylic acids is 1. The van der Waals surface area contributed by atoms with E-state index in [2.05, 4.69) is 34.1 Å². The Morgan fingerprint density at radius 2 is 1.69 bits per heavy atom. The predicted molar refractivity (Wildman–Crippen MR) is 121 cm³/mol. The van der Waals surface area contributed by atoms with Crippen molar-refractivity contribution in [3.8, 4) is 10.6 Å². The Hall–Kier alpha value is -1.92. The molecule has 1 aromatic carbocycles. The molecule has 5 nitrogen and oxygen atoms in total. The third-order valence-corrected chi connectivity index (χ3v) is 7.47. The fourth-order valence-corrected chi connectivity index (χ4v) is 5.52. The lowest BCUT2D eigenvalue weighted by Gasteiger charge is -2.40. The van der Waals surface area contributed by atoms with Crippen LogP contribution >= 0.6 is 11.3 Å². The molecule has 0 unspecified atom stereocenters. The molecule has 1 aromatic heterocycles. The van der Waals surface area contributed by atoms with E-state index in [0.29, 0.717) is 6.04 Å². The molecule has 2 fully saturated rings. The molecule has 0 atom stereocenters. The number of benzene rings is 1. The topological polar surface area (TPSA) is 39.7 Å². The summed E-state index contributed by atoms with van der Waals surface area (Å²) in [5.74, 6) is 0.160. The van der Waals surface area contributed by atoms with E-state index in [9.17, 15) is 4.79 Å². The Bertz CT molecular complexity index is 831. The van der Waals surface area contributed by atoms with Crippen LogP contribution in [0.3, 0.4) is 0 Å². The standard InChI is InChI=1S/C23H32N4OS/c1-17-21(29-22(24-17)18-7-9-19(10-8-18)25(2)3)23(28)27-15-11-20(12-16-27)26-13-5-4-6-14-26/h7-10,20H,4-6,11-16H2,1-3H3. The second-order valence-electron chi connectivity index (χ2n) is 8.49. The average molecular weight is 413 g/mol. The Kier molecular flexibility index (Phi) is 6.20. The minimum atomic E-state index is 0.160. The Morgan fingerprint density at radius 3 is 2.31 bits per heavy atom. The van der Waals surface area contributed by atoms with E-state index in [1.807, 2.05) is 25.9 Å². The maximum Gasteiger partial charge on any atom is 0.265 e. The largest absolute Gasteiger partial charge is 0.378 e. The molecule has 1 amide bonds. The van der Waals surface area contributed by atoms with Gasteiger partial charge in [-0.1, -0.05) is 6.42 Å². The lowest BCUT2D eigenvalue weighted by Crippen LogP contribution is -2.48. The number of amides is 1. The predicted octanol–water partition coefficient (Wildman–Crippen LogP) is 4.28. The zero-order chi connectivity index (χ0) is 20.4. The van der Waals surface area contributed by atoms with Gasteiger partial charge in [-0.15, -0.1) is 11.3 Å². The number of aromatic nitrogens is 1. The van der Waals surface area contributed by atoms with Crippen LogP contribution in [0.1, 0.15) is 47.5 Å². The van der Waals surface area contributed by atoms with E-state index in [-0.39, 0.29) is 5.91 Å². The molecule has 29 heavy (non-hydrogen) atoms. The SMILES string of the molecule is Cc1nc(-c2ccc(N(C)C)cc2)sc1C(=O)N1CCC(N2CCCCC2)CC1. The first-order chi connectivity index (χ1) is 14.0. The van der Waals surface area contributed by atoms with E-state index in [1.165, 1.54) is 43.7 Å². The minimum absolute atomic E-state index is 0.160. The maximum atomic E-state index is 13.2. The zero-order valence-corrected chi connectivity index (χ0v) is 18.7. The summed E-state index contributed by atoms with van der Waals surface area (Å²) in [6.45, 7) is 6.17. The van der Waals surface area contributed by atoms with Crippen LogP contribution in [-0.4, -0.2) is 67.0 Å². The monoisotopic (exact) mass is 412 g/mol. The van der Waals surface area contributed by atoms with E-state index in [1.54, 1.807) is 0 Å². The van der Waals surface area contributed by atoms with Crippen LogP contribution in [0.4, 0.5) is 5.69 Å². The van der Waals surface area contributed by atoms with Gasteiger partial charge in [0.1, 0.15) is 9.88 Å². The summed E-state index contributed by atoms with van der Waals surface area (Å²) >= 11 is 1.53. The number of aryl methyl sites for hydroxylation is 1. The molecule has 4 rings (SSSR count). The highest BCUT2D eigenvalue weighted by Gasteiger charge is 2.29. The molecule has 0 aliphatic carbocycles. The molecule has 0 N–H and O–H groups in total. The summed E-state index contributed by atoms with van der Waals surface area (Å²) in [6.07, 6.45) is 6.23. The second kappa shape index (κ2) is 8.84. The van der Waals surface area contributed by atoms with Crippen molar-refractivity contribution in [2.45, 2.75) is 45.1 Å². The van der Waals surface area contributed by atoms with Gasteiger partial charge in [0, 0.05) is 44.5 Å². The molecule has 6 heteroatoms. The van der Waals surface area contributed by atoms with Gasteiger partial charge in [0.25, 0.3) is 5.91 Å². The number of likely N-dealkylation sites (tertiary alicyclic amines) is 2. The molecule has 0 bridgehead atoms. The van der Waals surface area contributed by atoms with E-state index in [4.69, 9.17) is 4.98 Å². The summed E-state index contributed by atoms with van der Waals surface area (Å²) in [7, 11) is 4.07. The molecule has 0 spiro atoms. The van der Waals surface area contributed by atoms with Crippen molar-refractivity contribution in [2.75, 3.05) is 45.2 Å². The smallest absolute Gasteiger partial charge is 0.265 e. The van der Waals surface area contributed by atoms with Gasteiger partial charge in [0.2, 0.25) is 0 Å². The van der Waals surface area contributed by atoms with E-state index in [0.717, 1.165) is 52.8 Å². The second-order valence-corrected chi connectivity index (χ2v) is 9.49. The molecule has 0 radical (unpaired) electrons. The molecule has 2 aromatic rings. The van der Waals surface area contributed by atoms with Crippen LogP contribution < -0.4 is 4.90 Å². The van der Waals surface area contributed by atoms with Crippen LogP contribution in [0.25, 0.3) is 10.6 Å². The van der Waals surface area contributed by atoms with Crippen molar-refractivity contribution in [3.63, 3.8) is 0 Å². The van der Waals surface area contributed by atoms with Gasteiger partial charge in [0.15, 0.2) is 0 Å². The number of piperidine rings is 2. The average Bonchev–Trinajstić information content (AvgIpc) is 3.15. The maximum absolute atomic E-state index is 13.2. The van der Waals surface area contributed by atoms with Gasteiger partial charge in [-0.3, -0.25) is 4.79 Å². The number of rotatable bonds is 4. The number of anilines is 1. The third kappa shape index (κ3) is 4.48. The highest BCUT2D eigenvalue weighted by Crippen LogP contribution is 2.31. The third-order valence-electron chi connectivity index (χ3n) is 6.28. The Morgan fingerprint density at radius 1 is 1.03 bits per heavy atom. The summed E-state index contributed by atoms with van der Waals surface area (Å²) in [6, 6.07) is 9.03. The fraction of sp³-hybridized carbons (Fsp3) is 0.565. The summed E-state index contributed by atoms with van der Waals surface area (Å²) in [5, 5.41) is 0.930. The van der Waals surface area contributed by atoms with Crippen molar-refractivity contribution >= 4 is 22.9 Å². The van der Waals surface area contributed by atoms with Crippen molar-refractivity contribution < 1.29 is 4.79 Å². The van der Waals surface area contributed by atoms with Gasteiger partial charge >= 0.3 is 0 Å². The Labute approximate surface area is 178 Å². The molecule has 2 aliphatic rings. The molecule has 0 saturated carbocycles. The van der Waals surface area contributed by atoms with Gasteiger partial charge in [0.05, 0.1) is 5.69 Å². The van der Waals surface area contributed by atoms with Crippen LogP contribution in [0.2, 0.25) is 0 Å². The minimum Gasteiger partial charge on any atom is -0.378 e. The lowest BCUT2D eigenvalue weighted by molar-refractivity contribution is 0.0593. The van der Waals surface area contributed by atoms with Crippen molar-refractivity contribution in [2.24, 2.45) is 0 Å². The highest BCUT2D eigenvalue weighted by atomic mass is 32.1. The van der Waals surface area contributed by atoms with Gasteiger partial charge < -0.3 is 14.7 Å². The van der Waals surface area contributed by atoms with Crippen molar-refractivity contribution in [3.05, 3.63) is 34.8 Å². The normalized spacial score (nSPS) is 18.8. The first kappa shape index (κ1) is 20.4. The van der Waals surface area contributed by atoms with Crippen LogP contribution in [0.5, 0.6) is 0 Å². The number of carbonyl (C=O) groups is 1. The molecule has 2 aliphatic heterocycles. The van der Waals surface area contributed by atoms with Crippen LogP contribution in [-0.2, 0) is 0 Å². The van der Waals surface area contributed by atoms with Crippen LogP contribution in [0.15, 0.2) is 24.3 Å². The van der Waals surface area contributed by atoms with E-state index < -0.39 is 0 Å². The highest BCUT2D eigenvalue weighted by molar-refractivity contribution is 7.17.